The van der Waals surface area contributed by atoms with Crippen LogP contribution in [0.1, 0.15) is 19.4 Å². The molecule has 0 radical (unpaired) electrons. The van der Waals surface area contributed by atoms with E-state index < -0.39 is 0 Å². The first-order chi connectivity index (χ1) is 12.1. The molecule has 1 atom stereocenters. The van der Waals surface area contributed by atoms with E-state index in [2.05, 4.69) is 15.6 Å². The summed E-state index contributed by atoms with van der Waals surface area (Å²) in [6, 6.07) is 13.3. The fraction of sp³-hybridized carbons (Fsp3) is 0.316. The average Bonchev–Trinajstić information content (AvgIpc) is 2.61. The number of aliphatic imine (C=N–C) groups is 1. The van der Waals surface area contributed by atoms with Gasteiger partial charge in [0.25, 0.3) is 0 Å². The van der Waals surface area contributed by atoms with Crippen molar-refractivity contribution in [2.24, 2.45) is 4.99 Å². The SMILES string of the molecule is CCNC(=NCc1ccc(O)cc1)NCC(C)Oc1ccccc1F.I. The Balaban J connectivity index is 0.00000338. The van der Waals surface area contributed by atoms with Crippen molar-refractivity contribution in [3.05, 3.63) is 59.9 Å². The van der Waals surface area contributed by atoms with Crippen LogP contribution in [0.25, 0.3) is 0 Å². The smallest absolute Gasteiger partial charge is 0.191 e. The largest absolute Gasteiger partial charge is 0.508 e. The van der Waals surface area contributed by atoms with E-state index in [1.807, 2.05) is 26.0 Å². The fourth-order valence-electron chi connectivity index (χ4n) is 2.15. The van der Waals surface area contributed by atoms with Gasteiger partial charge in [0, 0.05) is 6.54 Å². The second kappa shape index (κ2) is 11.6. The third kappa shape index (κ3) is 7.47. The maximum Gasteiger partial charge on any atom is 0.191 e. The van der Waals surface area contributed by atoms with Crippen molar-refractivity contribution >= 4 is 29.9 Å². The Kier molecular flexibility index (Phi) is 9.79. The van der Waals surface area contributed by atoms with Gasteiger partial charge in [-0.15, -0.1) is 24.0 Å². The number of nitrogens with one attached hydrogen (secondary N) is 2. The van der Waals surface area contributed by atoms with Crippen molar-refractivity contribution in [2.75, 3.05) is 13.1 Å². The Morgan fingerprint density at radius 3 is 2.50 bits per heavy atom. The summed E-state index contributed by atoms with van der Waals surface area (Å²) < 4.78 is 19.2. The molecule has 0 spiro atoms. The number of rotatable bonds is 7. The number of guanidine groups is 1. The van der Waals surface area contributed by atoms with E-state index in [0.29, 0.717) is 19.0 Å². The van der Waals surface area contributed by atoms with Crippen LogP contribution in [-0.2, 0) is 6.54 Å². The van der Waals surface area contributed by atoms with Crippen molar-refractivity contribution in [2.45, 2.75) is 26.5 Å². The van der Waals surface area contributed by atoms with Crippen molar-refractivity contribution in [1.82, 2.24) is 10.6 Å². The number of aromatic hydroxyl groups is 1. The van der Waals surface area contributed by atoms with Crippen molar-refractivity contribution in [1.29, 1.82) is 0 Å². The van der Waals surface area contributed by atoms with E-state index >= 15 is 0 Å². The molecule has 0 aromatic heterocycles. The van der Waals surface area contributed by atoms with E-state index in [0.717, 1.165) is 12.1 Å². The lowest BCUT2D eigenvalue weighted by Crippen LogP contribution is -2.41. The van der Waals surface area contributed by atoms with Gasteiger partial charge >= 0.3 is 0 Å². The monoisotopic (exact) mass is 473 g/mol. The molecule has 0 saturated carbocycles. The van der Waals surface area contributed by atoms with Crippen LogP contribution in [0.2, 0.25) is 0 Å². The Morgan fingerprint density at radius 2 is 1.85 bits per heavy atom. The number of ether oxygens (including phenoxy) is 1. The lowest BCUT2D eigenvalue weighted by molar-refractivity contribution is 0.214. The normalized spacial score (nSPS) is 12.0. The predicted octanol–water partition coefficient (Wildman–Crippen LogP) is 3.67. The molecular weight excluding hydrogens is 448 g/mol. The van der Waals surface area contributed by atoms with Gasteiger partial charge < -0.3 is 20.5 Å². The lowest BCUT2D eigenvalue weighted by Gasteiger charge is -2.18. The van der Waals surface area contributed by atoms with Crippen LogP contribution in [0.5, 0.6) is 11.5 Å². The highest BCUT2D eigenvalue weighted by atomic mass is 127. The number of para-hydroxylation sites is 1. The van der Waals surface area contributed by atoms with Crippen molar-refractivity contribution in [3.8, 4) is 11.5 Å². The van der Waals surface area contributed by atoms with Gasteiger partial charge in [-0.25, -0.2) is 9.38 Å². The summed E-state index contributed by atoms with van der Waals surface area (Å²) in [6.07, 6.45) is -0.227. The standard InChI is InChI=1S/C19H24FN3O2.HI/c1-3-21-19(23-13-15-8-10-16(24)11-9-15)22-12-14(2)25-18-7-5-4-6-17(18)20;/h4-11,14,24H,3,12-13H2,1-2H3,(H2,21,22,23);1H. The van der Waals surface area contributed by atoms with Crippen LogP contribution in [-0.4, -0.2) is 30.3 Å². The van der Waals surface area contributed by atoms with Gasteiger partial charge in [-0.3, -0.25) is 0 Å². The molecule has 26 heavy (non-hydrogen) atoms. The van der Waals surface area contributed by atoms with Gasteiger partial charge in [0.15, 0.2) is 17.5 Å². The molecule has 0 aliphatic heterocycles. The molecule has 5 nitrogen and oxygen atoms in total. The quantitative estimate of drug-likeness (QED) is 0.326. The van der Waals surface area contributed by atoms with Crippen molar-refractivity contribution < 1.29 is 14.2 Å². The van der Waals surface area contributed by atoms with Crippen molar-refractivity contribution in [3.63, 3.8) is 0 Å². The lowest BCUT2D eigenvalue weighted by atomic mass is 10.2. The van der Waals surface area contributed by atoms with E-state index in [1.54, 1.807) is 30.3 Å². The molecule has 0 amide bonds. The molecule has 2 rings (SSSR count). The second-order valence-electron chi connectivity index (χ2n) is 5.60. The molecular formula is C19H25FIN3O2. The highest BCUT2D eigenvalue weighted by Gasteiger charge is 2.08. The summed E-state index contributed by atoms with van der Waals surface area (Å²) in [5.41, 5.74) is 0.991. The van der Waals surface area contributed by atoms with Crippen LogP contribution in [0.15, 0.2) is 53.5 Å². The first-order valence-electron chi connectivity index (χ1n) is 8.29. The molecule has 0 aliphatic rings. The van der Waals surface area contributed by atoms with Gasteiger partial charge in [-0.05, 0) is 43.7 Å². The number of phenolic OH excluding ortho intramolecular Hbond substituents is 1. The number of nitrogens with zero attached hydrogens (tertiary/aromatic N) is 1. The molecule has 0 saturated heterocycles. The first kappa shape index (κ1) is 22.0. The van der Waals surface area contributed by atoms with Crippen LogP contribution >= 0.6 is 24.0 Å². The van der Waals surface area contributed by atoms with Gasteiger partial charge in [0.05, 0.1) is 13.1 Å². The molecule has 0 heterocycles. The van der Waals surface area contributed by atoms with E-state index in [4.69, 9.17) is 4.74 Å². The van der Waals surface area contributed by atoms with E-state index in [-0.39, 0.29) is 47.4 Å². The van der Waals surface area contributed by atoms with Crippen LogP contribution in [0, 0.1) is 5.82 Å². The minimum Gasteiger partial charge on any atom is -0.508 e. The topological polar surface area (TPSA) is 65.9 Å². The third-order valence-corrected chi connectivity index (χ3v) is 3.42. The molecule has 2 aromatic carbocycles. The molecule has 0 fully saturated rings. The van der Waals surface area contributed by atoms with Crippen LogP contribution in [0.4, 0.5) is 4.39 Å². The molecule has 142 valence electrons. The summed E-state index contributed by atoms with van der Waals surface area (Å²) in [4.78, 5) is 4.49. The zero-order valence-electron chi connectivity index (χ0n) is 14.9. The summed E-state index contributed by atoms with van der Waals surface area (Å²) >= 11 is 0. The molecule has 7 heteroatoms. The average molecular weight is 473 g/mol. The minimum absolute atomic E-state index is 0. The highest BCUT2D eigenvalue weighted by molar-refractivity contribution is 14.0. The Labute approximate surface area is 170 Å². The minimum atomic E-state index is -0.373. The van der Waals surface area contributed by atoms with Gasteiger partial charge in [-0.2, -0.15) is 0 Å². The molecule has 0 aliphatic carbocycles. The fourth-order valence-corrected chi connectivity index (χ4v) is 2.15. The number of phenols is 1. The van der Waals surface area contributed by atoms with Crippen LogP contribution < -0.4 is 15.4 Å². The maximum absolute atomic E-state index is 13.6. The molecule has 1 unspecified atom stereocenters. The molecule has 0 bridgehead atoms. The number of hydrogen-bond donors (Lipinski definition) is 3. The van der Waals surface area contributed by atoms with Gasteiger partial charge in [0.1, 0.15) is 11.9 Å². The van der Waals surface area contributed by atoms with E-state index in [1.165, 1.54) is 6.07 Å². The number of halogens is 2. The third-order valence-electron chi connectivity index (χ3n) is 3.42. The zero-order valence-corrected chi connectivity index (χ0v) is 17.2. The first-order valence-corrected chi connectivity index (χ1v) is 8.29. The molecule has 3 N–H and O–H groups in total. The predicted molar refractivity (Wildman–Crippen MR) is 113 cm³/mol. The highest BCUT2D eigenvalue weighted by Crippen LogP contribution is 2.16. The van der Waals surface area contributed by atoms with Gasteiger partial charge in [-0.1, -0.05) is 24.3 Å². The summed E-state index contributed by atoms with van der Waals surface area (Å²) in [5.74, 6) is 0.751. The zero-order chi connectivity index (χ0) is 18.1. The summed E-state index contributed by atoms with van der Waals surface area (Å²) in [6.45, 7) is 5.54. The summed E-state index contributed by atoms with van der Waals surface area (Å²) in [5, 5.41) is 15.6. The molecule has 2 aromatic rings. The Bertz CT molecular complexity index is 695. The number of benzene rings is 2. The Morgan fingerprint density at radius 1 is 1.15 bits per heavy atom. The van der Waals surface area contributed by atoms with E-state index in [9.17, 15) is 9.50 Å². The van der Waals surface area contributed by atoms with Crippen LogP contribution in [0.3, 0.4) is 0 Å². The number of hydrogen-bond acceptors (Lipinski definition) is 3. The second-order valence-corrected chi connectivity index (χ2v) is 5.60. The van der Waals surface area contributed by atoms with Gasteiger partial charge in [0.2, 0.25) is 0 Å². The Hall–Kier alpha value is -2.03. The summed E-state index contributed by atoms with van der Waals surface area (Å²) in [7, 11) is 0. The maximum atomic E-state index is 13.6.